The highest BCUT2D eigenvalue weighted by Crippen LogP contribution is 2.34. The Morgan fingerprint density at radius 3 is 2.49 bits per heavy atom. The van der Waals surface area contributed by atoms with E-state index in [0.717, 1.165) is 22.5 Å². The second-order valence-electron chi connectivity index (χ2n) is 8.55. The van der Waals surface area contributed by atoms with Gasteiger partial charge in [0.2, 0.25) is 0 Å². The number of carbonyl (C=O) groups excluding carboxylic acids is 3. The number of imide groups is 1. The van der Waals surface area contributed by atoms with Crippen molar-refractivity contribution in [2.24, 2.45) is 0 Å². The van der Waals surface area contributed by atoms with Crippen molar-refractivity contribution in [2.45, 2.75) is 0 Å². The number of amides is 3. The van der Waals surface area contributed by atoms with Crippen LogP contribution in [0.15, 0.2) is 100 Å². The summed E-state index contributed by atoms with van der Waals surface area (Å²) < 4.78 is 12.2. The molecule has 0 aliphatic carbocycles. The molecule has 1 N–H and O–H groups in total. The molecular formula is C30H23BrN2O5S. The number of carbonyl (C=O) groups is 3. The van der Waals surface area contributed by atoms with Crippen LogP contribution in [-0.4, -0.2) is 41.7 Å². The molecule has 7 nitrogen and oxygen atoms in total. The fourth-order valence-electron chi connectivity index (χ4n) is 4.00. The van der Waals surface area contributed by atoms with Gasteiger partial charge in [0.05, 0.1) is 15.9 Å². The standard InChI is InChI=1S/C30H23BrN2O5S/c31-24-17-20(13-14-26(24)38-19-28(34)32-22-9-2-1-3-10-22)18-27-29(35)33(30(36)39-27)15-16-37-25-12-6-8-21-7-4-5-11-23(21)25/h1-14,17-18H,15-16,19H2,(H,32,34)/b27-18-. The number of anilines is 1. The molecule has 0 atom stereocenters. The first kappa shape index (κ1) is 26.5. The minimum absolute atomic E-state index is 0.146. The molecule has 0 saturated carbocycles. The lowest BCUT2D eigenvalue weighted by Crippen LogP contribution is -2.32. The van der Waals surface area contributed by atoms with Crippen molar-refractivity contribution in [3.63, 3.8) is 0 Å². The maximum atomic E-state index is 12.9. The molecule has 9 heteroatoms. The first-order chi connectivity index (χ1) is 19.0. The third-order valence-electron chi connectivity index (χ3n) is 5.87. The number of rotatable bonds is 9. The second-order valence-corrected chi connectivity index (χ2v) is 10.4. The number of para-hydroxylation sites is 1. The zero-order valence-corrected chi connectivity index (χ0v) is 23.0. The zero-order valence-electron chi connectivity index (χ0n) is 20.6. The van der Waals surface area contributed by atoms with Crippen molar-refractivity contribution in [1.29, 1.82) is 0 Å². The number of halogens is 1. The number of fused-ring (bicyclic) bond motifs is 1. The van der Waals surface area contributed by atoms with E-state index in [4.69, 9.17) is 9.47 Å². The number of nitrogens with zero attached hydrogens (tertiary/aromatic N) is 1. The van der Waals surface area contributed by atoms with Crippen LogP contribution in [0, 0.1) is 0 Å². The largest absolute Gasteiger partial charge is 0.491 e. The van der Waals surface area contributed by atoms with E-state index < -0.39 is 0 Å². The highest BCUT2D eigenvalue weighted by Gasteiger charge is 2.34. The van der Waals surface area contributed by atoms with Gasteiger partial charge in [-0.2, -0.15) is 0 Å². The third-order valence-corrected chi connectivity index (χ3v) is 7.39. The Kier molecular flexibility index (Phi) is 8.29. The quantitative estimate of drug-likeness (QED) is 0.214. The average Bonchev–Trinajstić information content (AvgIpc) is 3.20. The molecule has 0 radical (unpaired) electrons. The Balaban J connectivity index is 1.17. The Morgan fingerprint density at radius 2 is 1.67 bits per heavy atom. The van der Waals surface area contributed by atoms with Gasteiger partial charge in [-0.05, 0) is 75.0 Å². The molecule has 1 saturated heterocycles. The molecule has 1 fully saturated rings. The summed E-state index contributed by atoms with van der Waals surface area (Å²) in [5.41, 5.74) is 1.40. The van der Waals surface area contributed by atoms with E-state index in [1.165, 1.54) is 4.90 Å². The molecule has 1 heterocycles. The zero-order chi connectivity index (χ0) is 27.2. The third kappa shape index (κ3) is 6.50. The van der Waals surface area contributed by atoms with Gasteiger partial charge in [-0.3, -0.25) is 19.3 Å². The number of hydrogen-bond acceptors (Lipinski definition) is 6. The smallest absolute Gasteiger partial charge is 0.293 e. The Bertz CT molecular complexity index is 1570. The van der Waals surface area contributed by atoms with Gasteiger partial charge in [-0.25, -0.2) is 0 Å². The molecule has 3 amide bonds. The van der Waals surface area contributed by atoms with E-state index in [0.29, 0.717) is 32.1 Å². The molecule has 4 aromatic rings. The molecular weight excluding hydrogens is 580 g/mol. The van der Waals surface area contributed by atoms with Crippen LogP contribution in [0.3, 0.4) is 0 Å². The number of benzene rings is 4. The van der Waals surface area contributed by atoms with Crippen molar-refractivity contribution in [2.75, 3.05) is 25.1 Å². The second kappa shape index (κ2) is 12.2. The van der Waals surface area contributed by atoms with Gasteiger partial charge in [0.15, 0.2) is 6.61 Å². The van der Waals surface area contributed by atoms with Crippen molar-refractivity contribution < 1.29 is 23.9 Å². The van der Waals surface area contributed by atoms with Gasteiger partial charge in [0, 0.05) is 11.1 Å². The summed E-state index contributed by atoms with van der Waals surface area (Å²) >= 11 is 4.35. The Hall–Kier alpha value is -4.08. The van der Waals surface area contributed by atoms with E-state index in [2.05, 4.69) is 21.2 Å². The first-order valence-corrected chi connectivity index (χ1v) is 13.7. The number of hydrogen-bond donors (Lipinski definition) is 1. The van der Waals surface area contributed by atoms with Crippen LogP contribution >= 0.6 is 27.7 Å². The van der Waals surface area contributed by atoms with E-state index >= 15 is 0 Å². The van der Waals surface area contributed by atoms with Crippen molar-refractivity contribution in [3.8, 4) is 11.5 Å². The molecule has 0 aromatic heterocycles. The maximum Gasteiger partial charge on any atom is 0.293 e. The molecule has 1 aliphatic rings. The lowest BCUT2D eigenvalue weighted by molar-refractivity contribution is -0.123. The fourth-order valence-corrected chi connectivity index (χ4v) is 5.37. The molecule has 0 unspecified atom stereocenters. The summed E-state index contributed by atoms with van der Waals surface area (Å²) in [7, 11) is 0. The van der Waals surface area contributed by atoms with Crippen LogP contribution in [0.5, 0.6) is 11.5 Å². The summed E-state index contributed by atoms with van der Waals surface area (Å²) in [4.78, 5) is 39.2. The molecule has 0 bridgehead atoms. The topological polar surface area (TPSA) is 84.9 Å². The summed E-state index contributed by atoms with van der Waals surface area (Å²) in [6, 6.07) is 28.0. The predicted octanol–water partition coefficient (Wildman–Crippen LogP) is 6.74. The predicted molar refractivity (Wildman–Crippen MR) is 157 cm³/mol. The number of ether oxygens (including phenoxy) is 2. The average molecular weight is 603 g/mol. The van der Waals surface area contributed by atoms with E-state index in [1.807, 2.05) is 60.7 Å². The number of thioether (sulfide) groups is 1. The van der Waals surface area contributed by atoms with E-state index in [1.54, 1.807) is 36.4 Å². The Labute approximate surface area is 237 Å². The van der Waals surface area contributed by atoms with Gasteiger partial charge >= 0.3 is 0 Å². The van der Waals surface area contributed by atoms with E-state index in [9.17, 15) is 14.4 Å². The monoisotopic (exact) mass is 602 g/mol. The maximum absolute atomic E-state index is 12.9. The molecule has 5 rings (SSSR count). The van der Waals surface area contributed by atoms with Crippen molar-refractivity contribution in [1.82, 2.24) is 4.90 Å². The van der Waals surface area contributed by atoms with Gasteiger partial charge in [-0.15, -0.1) is 0 Å². The van der Waals surface area contributed by atoms with Gasteiger partial charge in [-0.1, -0.05) is 60.7 Å². The minimum atomic E-state index is -0.361. The highest BCUT2D eigenvalue weighted by molar-refractivity contribution is 9.10. The lowest BCUT2D eigenvalue weighted by Gasteiger charge is -2.14. The van der Waals surface area contributed by atoms with Gasteiger partial charge < -0.3 is 14.8 Å². The van der Waals surface area contributed by atoms with E-state index in [-0.39, 0.29) is 36.8 Å². The Morgan fingerprint density at radius 1 is 0.897 bits per heavy atom. The van der Waals surface area contributed by atoms with Crippen molar-refractivity contribution in [3.05, 3.63) is 106 Å². The summed E-state index contributed by atoms with van der Waals surface area (Å²) in [5.74, 6) is 0.546. The van der Waals surface area contributed by atoms with Crippen LogP contribution in [0.25, 0.3) is 16.8 Å². The minimum Gasteiger partial charge on any atom is -0.491 e. The molecule has 39 heavy (non-hydrogen) atoms. The molecule has 196 valence electrons. The molecule has 4 aromatic carbocycles. The normalized spacial score (nSPS) is 14.2. The van der Waals surface area contributed by atoms with Crippen LogP contribution < -0.4 is 14.8 Å². The highest BCUT2D eigenvalue weighted by atomic mass is 79.9. The van der Waals surface area contributed by atoms with Crippen LogP contribution in [0.2, 0.25) is 0 Å². The lowest BCUT2D eigenvalue weighted by atomic mass is 10.1. The SMILES string of the molecule is O=C(COc1ccc(/C=C2\SC(=O)N(CCOc3cccc4ccccc34)C2=O)cc1Br)Nc1ccccc1. The van der Waals surface area contributed by atoms with Crippen LogP contribution in [-0.2, 0) is 9.59 Å². The van der Waals surface area contributed by atoms with Gasteiger partial charge in [0.25, 0.3) is 17.1 Å². The molecule has 0 spiro atoms. The summed E-state index contributed by atoms with van der Waals surface area (Å²) in [6.07, 6.45) is 1.66. The molecule has 1 aliphatic heterocycles. The van der Waals surface area contributed by atoms with Gasteiger partial charge in [0.1, 0.15) is 18.1 Å². The fraction of sp³-hybridized carbons (Fsp3) is 0.100. The van der Waals surface area contributed by atoms with Crippen LogP contribution in [0.4, 0.5) is 10.5 Å². The summed E-state index contributed by atoms with van der Waals surface area (Å²) in [5, 5.41) is 4.46. The number of nitrogens with one attached hydrogen (secondary N) is 1. The van der Waals surface area contributed by atoms with Crippen molar-refractivity contribution >= 4 is 67.3 Å². The first-order valence-electron chi connectivity index (χ1n) is 12.1. The summed E-state index contributed by atoms with van der Waals surface area (Å²) in [6.45, 7) is 0.175. The van der Waals surface area contributed by atoms with Crippen LogP contribution in [0.1, 0.15) is 5.56 Å².